The fraction of sp³-hybridized carbons (Fsp3) is 0.200. The van der Waals surface area contributed by atoms with Crippen molar-refractivity contribution in [2.75, 3.05) is 6.61 Å². The Morgan fingerprint density at radius 1 is 1.40 bits per heavy atom. The van der Waals surface area contributed by atoms with Crippen LogP contribution < -0.4 is 0 Å². The summed E-state index contributed by atoms with van der Waals surface area (Å²) in [5.41, 5.74) is 1.78. The monoisotopic (exact) mass is 288 g/mol. The second-order valence-electron chi connectivity index (χ2n) is 4.52. The lowest BCUT2D eigenvalue weighted by atomic mass is 9.94. The molecule has 0 saturated carbocycles. The van der Waals surface area contributed by atoms with Crippen molar-refractivity contribution in [3.63, 3.8) is 0 Å². The highest BCUT2D eigenvalue weighted by atomic mass is 32.2. The molecule has 0 spiro atoms. The van der Waals surface area contributed by atoms with E-state index in [0.717, 1.165) is 15.4 Å². The fourth-order valence-electron chi connectivity index (χ4n) is 2.26. The molecule has 2 aliphatic rings. The average Bonchev–Trinajstić information content (AvgIpc) is 2.48. The van der Waals surface area contributed by atoms with E-state index in [1.807, 2.05) is 30.3 Å². The smallest absolute Gasteiger partial charge is 0.332 e. The van der Waals surface area contributed by atoms with E-state index in [1.54, 1.807) is 17.8 Å². The summed E-state index contributed by atoms with van der Waals surface area (Å²) in [7, 11) is 0. The molecular formula is C15H12O4S. The van der Waals surface area contributed by atoms with E-state index in [1.165, 1.54) is 0 Å². The Balaban J connectivity index is 1.85. The summed E-state index contributed by atoms with van der Waals surface area (Å²) in [6, 6.07) is 7.93. The summed E-state index contributed by atoms with van der Waals surface area (Å²) < 4.78 is 4.92. The standard InChI is InChI=1S/C15H12O4S/c16-8-14(17)19-11-5-6-13-10(15(11)18)7-9-3-1-2-4-12(9)20-13/h1-6,11,16H,7-8H2. The van der Waals surface area contributed by atoms with Gasteiger partial charge in [-0.1, -0.05) is 30.0 Å². The highest BCUT2D eigenvalue weighted by Gasteiger charge is 2.31. The van der Waals surface area contributed by atoms with Crippen LogP contribution in [0, 0.1) is 0 Å². The fourth-order valence-corrected chi connectivity index (χ4v) is 3.35. The Morgan fingerprint density at radius 3 is 3.00 bits per heavy atom. The summed E-state index contributed by atoms with van der Waals surface area (Å²) >= 11 is 1.55. The van der Waals surface area contributed by atoms with Crippen LogP contribution >= 0.6 is 11.8 Å². The van der Waals surface area contributed by atoms with Crippen LogP contribution in [0.1, 0.15) is 5.56 Å². The molecule has 1 aliphatic heterocycles. The summed E-state index contributed by atoms with van der Waals surface area (Å²) in [6.45, 7) is -0.721. The minimum atomic E-state index is -0.917. The number of Topliss-reactive ketones (excluding diaryl/α,β-unsaturated/α-hetero) is 1. The first-order valence-corrected chi connectivity index (χ1v) is 7.02. The minimum absolute atomic E-state index is 0.202. The normalized spacial score (nSPS) is 20.4. The lowest BCUT2D eigenvalue weighted by Gasteiger charge is -2.25. The van der Waals surface area contributed by atoms with Crippen LogP contribution in [0.4, 0.5) is 0 Å². The lowest BCUT2D eigenvalue weighted by Crippen LogP contribution is -2.31. The van der Waals surface area contributed by atoms with Crippen molar-refractivity contribution in [2.45, 2.75) is 17.4 Å². The van der Waals surface area contributed by atoms with Gasteiger partial charge in [0.15, 0.2) is 6.10 Å². The maximum absolute atomic E-state index is 12.3. The third kappa shape index (κ3) is 2.30. The van der Waals surface area contributed by atoms with Crippen LogP contribution in [0.5, 0.6) is 0 Å². The molecule has 0 radical (unpaired) electrons. The summed E-state index contributed by atoms with van der Waals surface area (Å²) in [6.07, 6.45) is 3.01. The van der Waals surface area contributed by atoms with Gasteiger partial charge >= 0.3 is 5.97 Å². The van der Waals surface area contributed by atoms with E-state index in [4.69, 9.17) is 9.84 Å². The molecule has 1 heterocycles. The molecule has 0 bridgehead atoms. The van der Waals surface area contributed by atoms with Gasteiger partial charge in [0.05, 0.1) is 0 Å². The highest BCUT2D eigenvalue weighted by Crippen LogP contribution is 2.41. The summed E-state index contributed by atoms with van der Waals surface area (Å²) in [4.78, 5) is 25.5. The number of hydrogen-bond acceptors (Lipinski definition) is 5. The summed E-state index contributed by atoms with van der Waals surface area (Å²) in [5, 5.41) is 8.69. The predicted molar refractivity (Wildman–Crippen MR) is 74.1 cm³/mol. The van der Waals surface area contributed by atoms with Crippen molar-refractivity contribution in [1.82, 2.24) is 0 Å². The number of carbonyl (C=O) groups excluding carboxylic acids is 2. The largest absolute Gasteiger partial charge is 0.448 e. The molecule has 1 N–H and O–H groups in total. The third-order valence-corrected chi connectivity index (χ3v) is 4.44. The Bertz CT molecular complexity index is 645. The first kappa shape index (κ1) is 13.1. The number of hydrogen-bond donors (Lipinski definition) is 1. The molecule has 4 nitrogen and oxygen atoms in total. The number of thioether (sulfide) groups is 1. The number of ether oxygens (including phenoxy) is 1. The number of carbonyl (C=O) groups is 2. The quantitative estimate of drug-likeness (QED) is 0.838. The Morgan fingerprint density at radius 2 is 2.20 bits per heavy atom. The van der Waals surface area contributed by atoms with Gasteiger partial charge in [0.2, 0.25) is 5.78 Å². The molecule has 0 amide bonds. The number of rotatable bonds is 2. The van der Waals surface area contributed by atoms with Gasteiger partial charge in [-0.3, -0.25) is 4.79 Å². The minimum Gasteiger partial charge on any atom is -0.448 e. The molecule has 1 aliphatic carbocycles. The zero-order valence-corrected chi connectivity index (χ0v) is 11.4. The Hall–Kier alpha value is -1.85. The average molecular weight is 288 g/mol. The maximum atomic E-state index is 12.3. The van der Waals surface area contributed by atoms with Crippen LogP contribution in [-0.4, -0.2) is 29.6 Å². The number of aliphatic hydroxyl groups is 1. The molecule has 1 atom stereocenters. The van der Waals surface area contributed by atoms with Crippen molar-refractivity contribution >= 4 is 23.5 Å². The Labute approximate surface area is 120 Å². The van der Waals surface area contributed by atoms with Crippen LogP contribution in [0.3, 0.4) is 0 Å². The van der Waals surface area contributed by atoms with Gasteiger partial charge in [0.25, 0.3) is 0 Å². The van der Waals surface area contributed by atoms with Crippen LogP contribution in [0.2, 0.25) is 0 Å². The second-order valence-corrected chi connectivity index (χ2v) is 5.61. The molecule has 0 fully saturated rings. The van der Waals surface area contributed by atoms with E-state index in [0.29, 0.717) is 12.0 Å². The topological polar surface area (TPSA) is 63.6 Å². The number of benzene rings is 1. The van der Waals surface area contributed by atoms with Crippen molar-refractivity contribution in [2.24, 2.45) is 0 Å². The molecule has 5 heteroatoms. The van der Waals surface area contributed by atoms with E-state index in [9.17, 15) is 9.59 Å². The lowest BCUT2D eigenvalue weighted by molar-refractivity contribution is -0.154. The molecular weight excluding hydrogens is 276 g/mol. The van der Waals surface area contributed by atoms with E-state index >= 15 is 0 Å². The number of aliphatic hydroxyl groups excluding tert-OH is 1. The molecule has 1 aromatic carbocycles. The van der Waals surface area contributed by atoms with Crippen molar-refractivity contribution in [3.8, 4) is 0 Å². The Kier molecular flexibility index (Phi) is 3.46. The van der Waals surface area contributed by atoms with E-state index in [-0.39, 0.29) is 5.78 Å². The van der Waals surface area contributed by atoms with Gasteiger partial charge in [-0.2, -0.15) is 0 Å². The van der Waals surface area contributed by atoms with Gasteiger partial charge in [-0.15, -0.1) is 0 Å². The van der Waals surface area contributed by atoms with Crippen LogP contribution in [-0.2, 0) is 20.7 Å². The molecule has 0 saturated heterocycles. The summed E-state index contributed by atoms with van der Waals surface area (Å²) in [5.74, 6) is -0.993. The zero-order valence-electron chi connectivity index (χ0n) is 10.5. The number of esters is 1. The van der Waals surface area contributed by atoms with Crippen molar-refractivity contribution in [3.05, 3.63) is 52.5 Å². The van der Waals surface area contributed by atoms with Gasteiger partial charge in [-0.25, -0.2) is 4.79 Å². The molecule has 20 heavy (non-hydrogen) atoms. The first-order chi connectivity index (χ1) is 9.69. The van der Waals surface area contributed by atoms with E-state index < -0.39 is 18.7 Å². The molecule has 1 unspecified atom stereocenters. The zero-order chi connectivity index (χ0) is 14.1. The van der Waals surface area contributed by atoms with E-state index in [2.05, 4.69) is 0 Å². The predicted octanol–water partition coefficient (Wildman–Crippen LogP) is 1.63. The molecule has 1 aromatic rings. The molecule has 0 aromatic heterocycles. The SMILES string of the molecule is O=C(CO)OC1C=CC2=C(Cc3ccccc3S2)C1=O. The first-order valence-electron chi connectivity index (χ1n) is 6.20. The molecule has 3 rings (SSSR count). The van der Waals surface area contributed by atoms with Crippen molar-refractivity contribution in [1.29, 1.82) is 0 Å². The van der Waals surface area contributed by atoms with Gasteiger partial charge in [0, 0.05) is 21.8 Å². The van der Waals surface area contributed by atoms with Crippen LogP contribution in [0.25, 0.3) is 0 Å². The van der Waals surface area contributed by atoms with Crippen LogP contribution in [0.15, 0.2) is 51.8 Å². The van der Waals surface area contributed by atoms with Gasteiger partial charge in [0.1, 0.15) is 6.61 Å². The highest BCUT2D eigenvalue weighted by molar-refractivity contribution is 8.03. The number of ketones is 1. The third-order valence-electron chi connectivity index (χ3n) is 3.22. The van der Waals surface area contributed by atoms with Crippen molar-refractivity contribution < 1.29 is 19.4 Å². The maximum Gasteiger partial charge on any atom is 0.332 e. The van der Waals surface area contributed by atoms with Gasteiger partial charge < -0.3 is 9.84 Å². The number of allylic oxidation sites excluding steroid dienone is 1. The number of fused-ring (bicyclic) bond motifs is 1. The second kappa shape index (κ2) is 5.26. The molecule has 102 valence electrons. The van der Waals surface area contributed by atoms with Gasteiger partial charge in [-0.05, 0) is 23.8 Å².